The van der Waals surface area contributed by atoms with Crippen LogP contribution in [0.2, 0.25) is 0 Å². The Morgan fingerprint density at radius 1 is 1.05 bits per heavy atom. The minimum absolute atomic E-state index is 0.114. The van der Waals surface area contributed by atoms with Crippen LogP contribution in [0.3, 0.4) is 0 Å². The molecule has 0 radical (unpaired) electrons. The third kappa shape index (κ3) is 7.00. The standard InChI is InChI=1S/C17H26N2OS/c20-17(18-16-8-4-3-5-9-16)10-14-21-15-13-19-11-6-1-2-7-12-19/h3-5,8-9H,1-2,6-7,10-15H2,(H,18,20). The molecule has 0 aliphatic carbocycles. The molecule has 1 aromatic rings. The zero-order chi connectivity index (χ0) is 14.8. The molecule has 1 aliphatic rings. The number of anilines is 1. The first-order valence-corrected chi connectivity index (χ1v) is 9.15. The van der Waals surface area contributed by atoms with Crippen LogP contribution >= 0.6 is 11.8 Å². The predicted octanol–water partition coefficient (Wildman–Crippen LogP) is 3.62. The first-order valence-electron chi connectivity index (χ1n) is 7.99. The van der Waals surface area contributed by atoms with Gasteiger partial charge in [0.25, 0.3) is 0 Å². The Kier molecular flexibility index (Phi) is 7.68. The van der Waals surface area contributed by atoms with Crippen molar-refractivity contribution in [3.8, 4) is 0 Å². The van der Waals surface area contributed by atoms with Gasteiger partial charge in [-0.25, -0.2) is 0 Å². The molecule has 0 spiro atoms. The van der Waals surface area contributed by atoms with Crippen molar-refractivity contribution in [1.29, 1.82) is 0 Å². The maximum atomic E-state index is 11.8. The summed E-state index contributed by atoms with van der Waals surface area (Å²) in [6.45, 7) is 3.69. The molecular formula is C17H26N2OS. The summed E-state index contributed by atoms with van der Waals surface area (Å²) in [5.74, 6) is 2.16. The van der Waals surface area contributed by atoms with Gasteiger partial charge in [0, 0.05) is 30.2 Å². The highest BCUT2D eigenvalue weighted by atomic mass is 32.2. The quantitative estimate of drug-likeness (QED) is 0.781. The van der Waals surface area contributed by atoms with Crippen LogP contribution in [-0.4, -0.2) is 41.9 Å². The molecule has 3 nitrogen and oxygen atoms in total. The molecule has 116 valence electrons. The van der Waals surface area contributed by atoms with E-state index >= 15 is 0 Å². The molecule has 21 heavy (non-hydrogen) atoms. The van der Waals surface area contributed by atoms with Crippen molar-refractivity contribution >= 4 is 23.4 Å². The number of nitrogens with one attached hydrogen (secondary N) is 1. The van der Waals surface area contributed by atoms with Gasteiger partial charge >= 0.3 is 0 Å². The maximum Gasteiger partial charge on any atom is 0.225 e. The van der Waals surface area contributed by atoms with Gasteiger partial charge in [-0.2, -0.15) is 11.8 Å². The molecule has 1 aliphatic heterocycles. The SMILES string of the molecule is O=C(CCSCCN1CCCCCC1)Nc1ccccc1. The van der Waals surface area contributed by atoms with E-state index in [-0.39, 0.29) is 5.91 Å². The molecule has 0 atom stereocenters. The Morgan fingerprint density at radius 3 is 2.48 bits per heavy atom. The molecule has 0 saturated carbocycles. The lowest BCUT2D eigenvalue weighted by atomic mass is 10.2. The lowest BCUT2D eigenvalue weighted by molar-refractivity contribution is -0.115. The van der Waals surface area contributed by atoms with E-state index < -0.39 is 0 Å². The van der Waals surface area contributed by atoms with Crippen molar-refractivity contribution in [3.05, 3.63) is 30.3 Å². The van der Waals surface area contributed by atoms with Gasteiger partial charge in [0.1, 0.15) is 0 Å². The smallest absolute Gasteiger partial charge is 0.225 e. The van der Waals surface area contributed by atoms with Gasteiger partial charge < -0.3 is 10.2 Å². The second-order valence-corrected chi connectivity index (χ2v) is 6.76. The number of rotatable bonds is 7. The number of carbonyl (C=O) groups is 1. The summed E-state index contributed by atoms with van der Waals surface area (Å²) >= 11 is 1.89. The molecule has 1 saturated heterocycles. The number of thioether (sulfide) groups is 1. The maximum absolute atomic E-state index is 11.8. The van der Waals surface area contributed by atoms with Gasteiger partial charge in [0.15, 0.2) is 0 Å². The summed E-state index contributed by atoms with van der Waals surface area (Å²) < 4.78 is 0. The van der Waals surface area contributed by atoms with Crippen molar-refractivity contribution in [3.63, 3.8) is 0 Å². The summed E-state index contributed by atoms with van der Waals surface area (Å²) in [5.41, 5.74) is 0.886. The van der Waals surface area contributed by atoms with Crippen LogP contribution in [0.4, 0.5) is 5.69 Å². The Hall–Kier alpha value is -1.00. The van der Waals surface area contributed by atoms with Crippen molar-refractivity contribution in [2.45, 2.75) is 32.1 Å². The monoisotopic (exact) mass is 306 g/mol. The first kappa shape index (κ1) is 16.4. The van der Waals surface area contributed by atoms with Crippen LogP contribution in [0.5, 0.6) is 0 Å². The van der Waals surface area contributed by atoms with Crippen LogP contribution in [0.1, 0.15) is 32.1 Å². The topological polar surface area (TPSA) is 32.3 Å². The molecule has 1 N–H and O–H groups in total. The average molecular weight is 306 g/mol. The van der Waals surface area contributed by atoms with E-state index in [0.29, 0.717) is 6.42 Å². The highest BCUT2D eigenvalue weighted by Gasteiger charge is 2.08. The number of benzene rings is 1. The van der Waals surface area contributed by atoms with Gasteiger partial charge in [-0.1, -0.05) is 31.0 Å². The van der Waals surface area contributed by atoms with E-state index in [1.54, 1.807) is 0 Å². The Bertz CT molecular complexity index is 403. The molecular weight excluding hydrogens is 280 g/mol. The first-order chi connectivity index (χ1) is 10.3. The molecule has 1 heterocycles. The minimum atomic E-state index is 0.114. The predicted molar refractivity (Wildman–Crippen MR) is 91.9 cm³/mol. The molecule has 2 rings (SSSR count). The van der Waals surface area contributed by atoms with E-state index in [1.807, 2.05) is 42.1 Å². The van der Waals surface area contributed by atoms with Crippen molar-refractivity contribution in [2.75, 3.05) is 36.5 Å². The summed E-state index contributed by atoms with van der Waals surface area (Å²) in [6, 6.07) is 9.67. The number of hydrogen-bond donors (Lipinski definition) is 1. The van der Waals surface area contributed by atoms with Gasteiger partial charge in [-0.3, -0.25) is 4.79 Å². The molecule has 0 unspecified atom stereocenters. The van der Waals surface area contributed by atoms with Crippen molar-refractivity contribution < 1.29 is 4.79 Å². The number of nitrogens with zero attached hydrogens (tertiary/aromatic N) is 1. The molecule has 1 fully saturated rings. The Balaban J connectivity index is 1.52. The average Bonchev–Trinajstić information content (AvgIpc) is 2.77. The number of carbonyl (C=O) groups excluding carboxylic acids is 1. The molecule has 1 amide bonds. The zero-order valence-electron chi connectivity index (χ0n) is 12.7. The Morgan fingerprint density at radius 2 is 1.76 bits per heavy atom. The second-order valence-electron chi connectivity index (χ2n) is 5.53. The highest BCUT2D eigenvalue weighted by molar-refractivity contribution is 7.99. The summed E-state index contributed by atoms with van der Waals surface area (Å²) in [7, 11) is 0. The third-order valence-corrected chi connectivity index (χ3v) is 4.75. The molecule has 1 aromatic carbocycles. The summed E-state index contributed by atoms with van der Waals surface area (Å²) in [5, 5.41) is 2.93. The van der Waals surface area contributed by atoms with E-state index in [4.69, 9.17) is 0 Å². The molecule has 0 bridgehead atoms. The lowest BCUT2D eigenvalue weighted by Crippen LogP contribution is -2.27. The van der Waals surface area contributed by atoms with Crippen molar-refractivity contribution in [1.82, 2.24) is 4.90 Å². The number of hydrogen-bond acceptors (Lipinski definition) is 3. The highest BCUT2D eigenvalue weighted by Crippen LogP contribution is 2.12. The summed E-state index contributed by atoms with van der Waals surface area (Å²) in [4.78, 5) is 14.4. The fourth-order valence-electron chi connectivity index (χ4n) is 2.57. The number of para-hydroxylation sites is 1. The van der Waals surface area contributed by atoms with Crippen LogP contribution in [0, 0.1) is 0 Å². The largest absolute Gasteiger partial charge is 0.326 e. The number of amides is 1. The van der Waals surface area contributed by atoms with Gasteiger partial charge in [-0.15, -0.1) is 0 Å². The minimum Gasteiger partial charge on any atom is -0.326 e. The van der Waals surface area contributed by atoms with E-state index in [1.165, 1.54) is 45.3 Å². The second kappa shape index (κ2) is 9.85. The zero-order valence-corrected chi connectivity index (χ0v) is 13.5. The van der Waals surface area contributed by atoms with Gasteiger partial charge in [-0.05, 0) is 38.1 Å². The lowest BCUT2D eigenvalue weighted by Gasteiger charge is -2.19. The van der Waals surface area contributed by atoms with E-state index in [0.717, 1.165) is 17.2 Å². The van der Waals surface area contributed by atoms with E-state index in [2.05, 4.69) is 10.2 Å². The van der Waals surface area contributed by atoms with E-state index in [9.17, 15) is 4.79 Å². The van der Waals surface area contributed by atoms with Crippen LogP contribution in [0.25, 0.3) is 0 Å². The van der Waals surface area contributed by atoms with Gasteiger partial charge in [0.05, 0.1) is 0 Å². The molecule has 4 heteroatoms. The molecule has 0 aromatic heterocycles. The van der Waals surface area contributed by atoms with Gasteiger partial charge in [0.2, 0.25) is 5.91 Å². The number of likely N-dealkylation sites (tertiary alicyclic amines) is 1. The fraction of sp³-hybridized carbons (Fsp3) is 0.588. The Labute approximate surface area is 132 Å². The third-order valence-electron chi connectivity index (χ3n) is 3.78. The summed E-state index contributed by atoms with van der Waals surface area (Å²) in [6.07, 6.45) is 6.08. The fourth-order valence-corrected chi connectivity index (χ4v) is 3.49. The van der Waals surface area contributed by atoms with Crippen molar-refractivity contribution in [2.24, 2.45) is 0 Å². The van der Waals surface area contributed by atoms with Crippen LogP contribution < -0.4 is 5.32 Å². The van der Waals surface area contributed by atoms with Crippen LogP contribution in [-0.2, 0) is 4.79 Å². The normalized spacial score (nSPS) is 16.4. The van der Waals surface area contributed by atoms with Crippen LogP contribution in [0.15, 0.2) is 30.3 Å².